The molecule has 3 unspecified atom stereocenters. The molecule has 0 aromatic heterocycles. The van der Waals surface area contributed by atoms with Crippen LogP contribution < -0.4 is 10.6 Å². The Labute approximate surface area is 117 Å². The highest BCUT2D eigenvalue weighted by Crippen LogP contribution is 2.27. The van der Waals surface area contributed by atoms with Gasteiger partial charge >= 0.3 is 0 Å². The monoisotopic (exact) mass is 268 g/mol. The standard InChI is InChI=1S/C15H28N2O2/c1-11-7-12(2)9-14(8-11)10-17-13(3)15(18)16-5-6-19-4/h7,11,13-14,17H,5-6,8-10H2,1-4H3,(H,16,18). The maximum Gasteiger partial charge on any atom is 0.236 e. The van der Waals surface area contributed by atoms with Gasteiger partial charge in [0, 0.05) is 13.7 Å². The molecule has 0 heterocycles. The first-order valence-electron chi connectivity index (χ1n) is 7.20. The van der Waals surface area contributed by atoms with Crippen molar-refractivity contribution in [2.24, 2.45) is 11.8 Å². The summed E-state index contributed by atoms with van der Waals surface area (Å²) >= 11 is 0. The van der Waals surface area contributed by atoms with E-state index in [-0.39, 0.29) is 11.9 Å². The Hall–Kier alpha value is -0.870. The number of amides is 1. The average Bonchev–Trinajstić information content (AvgIpc) is 2.35. The molecule has 0 saturated carbocycles. The molecule has 0 aliphatic heterocycles. The zero-order valence-electron chi connectivity index (χ0n) is 12.7. The molecule has 0 bridgehead atoms. The van der Waals surface area contributed by atoms with Crippen LogP contribution in [0.4, 0.5) is 0 Å². The quantitative estimate of drug-likeness (QED) is 0.546. The van der Waals surface area contributed by atoms with Gasteiger partial charge in [-0.15, -0.1) is 0 Å². The van der Waals surface area contributed by atoms with Gasteiger partial charge < -0.3 is 15.4 Å². The third-order valence-corrected chi connectivity index (χ3v) is 3.60. The minimum atomic E-state index is -0.140. The van der Waals surface area contributed by atoms with Crippen LogP contribution in [-0.2, 0) is 9.53 Å². The maximum atomic E-state index is 11.8. The molecule has 4 heteroatoms. The van der Waals surface area contributed by atoms with Gasteiger partial charge in [-0.2, -0.15) is 0 Å². The lowest BCUT2D eigenvalue weighted by Gasteiger charge is -2.26. The molecule has 2 N–H and O–H groups in total. The van der Waals surface area contributed by atoms with Gasteiger partial charge in [0.25, 0.3) is 0 Å². The first-order valence-corrected chi connectivity index (χ1v) is 7.20. The van der Waals surface area contributed by atoms with E-state index in [0.717, 1.165) is 13.0 Å². The summed E-state index contributed by atoms with van der Waals surface area (Å²) in [4.78, 5) is 11.8. The third-order valence-electron chi connectivity index (χ3n) is 3.60. The fraction of sp³-hybridized carbons (Fsp3) is 0.800. The Morgan fingerprint density at radius 1 is 1.58 bits per heavy atom. The smallest absolute Gasteiger partial charge is 0.236 e. The highest BCUT2D eigenvalue weighted by Gasteiger charge is 2.19. The second-order valence-electron chi connectivity index (χ2n) is 5.71. The molecule has 0 aromatic rings. The van der Waals surface area contributed by atoms with Crippen molar-refractivity contribution in [3.8, 4) is 0 Å². The van der Waals surface area contributed by atoms with Gasteiger partial charge in [0.05, 0.1) is 12.6 Å². The van der Waals surface area contributed by atoms with Gasteiger partial charge in [0.2, 0.25) is 5.91 Å². The van der Waals surface area contributed by atoms with Gasteiger partial charge in [-0.1, -0.05) is 18.6 Å². The molecule has 110 valence electrons. The van der Waals surface area contributed by atoms with Crippen molar-refractivity contribution in [3.63, 3.8) is 0 Å². The van der Waals surface area contributed by atoms with Crippen molar-refractivity contribution in [1.82, 2.24) is 10.6 Å². The van der Waals surface area contributed by atoms with E-state index >= 15 is 0 Å². The maximum absolute atomic E-state index is 11.8. The van der Waals surface area contributed by atoms with Gasteiger partial charge in [-0.05, 0) is 45.1 Å². The summed E-state index contributed by atoms with van der Waals surface area (Å²) in [5.74, 6) is 1.36. The van der Waals surface area contributed by atoms with Gasteiger partial charge in [0.1, 0.15) is 0 Å². The third kappa shape index (κ3) is 6.21. The average molecular weight is 268 g/mol. The molecule has 0 radical (unpaired) electrons. The molecule has 1 amide bonds. The summed E-state index contributed by atoms with van der Waals surface area (Å²) in [7, 11) is 1.63. The normalized spacial score (nSPS) is 24.7. The van der Waals surface area contributed by atoms with E-state index in [2.05, 4.69) is 30.6 Å². The highest BCUT2D eigenvalue weighted by atomic mass is 16.5. The Morgan fingerprint density at radius 2 is 2.32 bits per heavy atom. The summed E-state index contributed by atoms with van der Waals surface area (Å²) in [5, 5.41) is 6.19. The number of nitrogens with one attached hydrogen (secondary N) is 2. The van der Waals surface area contributed by atoms with E-state index in [1.165, 1.54) is 12.0 Å². The molecule has 0 saturated heterocycles. The first-order chi connectivity index (χ1) is 9.02. The van der Waals surface area contributed by atoms with E-state index in [1.54, 1.807) is 7.11 Å². The number of methoxy groups -OCH3 is 1. The molecule has 1 aliphatic rings. The lowest BCUT2D eigenvalue weighted by Crippen LogP contribution is -2.45. The number of ether oxygens (including phenoxy) is 1. The van der Waals surface area contributed by atoms with Gasteiger partial charge in [-0.25, -0.2) is 0 Å². The lowest BCUT2D eigenvalue weighted by molar-refractivity contribution is -0.123. The molecule has 1 rings (SSSR count). The molecule has 3 atom stereocenters. The Balaban J connectivity index is 2.24. The second-order valence-corrected chi connectivity index (χ2v) is 5.71. The molecule has 0 spiro atoms. The molecule has 19 heavy (non-hydrogen) atoms. The summed E-state index contributed by atoms with van der Waals surface area (Å²) < 4.78 is 4.91. The Kier molecular flexibility index (Phi) is 7.10. The first kappa shape index (κ1) is 16.2. The van der Waals surface area contributed by atoms with Crippen LogP contribution in [-0.4, -0.2) is 38.8 Å². The number of allylic oxidation sites excluding steroid dienone is 2. The topological polar surface area (TPSA) is 50.4 Å². The van der Waals surface area contributed by atoms with Crippen molar-refractivity contribution in [2.75, 3.05) is 26.8 Å². The lowest BCUT2D eigenvalue weighted by atomic mass is 9.83. The van der Waals surface area contributed by atoms with Crippen LogP contribution in [0, 0.1) is 11.8 Å². The van der Waals surface area contributed by atoms with Crippen LogP contribution in [0.3, 0.4) is 0 Å². The summed E-state index contributed by atoms with van der Waals surface area (Å²) in [5.41, 5.74) is 1.47. The van der Waals surface area contributed by atoms with E-state index in [9.17, 15) is 4.79 Å². The van der Waals surface area contributed by atoms with Crippen molar-refractivity contribution < 1.29 is 9.53 Å². The van der Waals surface area contributed by atoms with Crippen molar-refractivity contribution >= 4 is 5.91 Å². The molecule has 4 nitrogen and oxygen atoms in total. The van der Waals surface area contributed by atoms with Crippen LogP contribution in [0.25, 0.3) is 0 Å². The molecule has 1 aliphatic carbocycles. The van der Waals surface area contributed by atoms with Crippen LogP contribution >= 0.6 is 0 Å². The van der Waals surface area contributed by atoms with Crippen molar-refractivity contribution in [2.45, 2.75) is 39.7 Å². The van der Waals surface area contributed by atoms with Crippen LogP contribution in [0.2, 0.25) is 0 Å². The molecule has 0 fully saturated rings. The Bertz CT molecular complexity index is 315. The summed E-state index contributed by atoms with van der Waals surface area (Å²) in [6.07, 6.45) is 4.72. The summed E-state index contributed by atoms with van der Waals surface area (Å²) in [6, 6.07) is -0.140. The predicted octanol–water partition coefficient (Wildman–Crippen LogP) is 1.72. The van der Waals surface area contributed by atoms with E-state index in [0.29, 0.717) is 25.0 Å². The Morgan fingerprint density at radius 3 is 2.95 bits per heavy atom. The number of hydrogen-bond acceptors (Lipinski definition) is 3. The fourth-order valence-corrected chi connectivity index (χ4v) is 2.71. The predicted molar refractivity (Wildman–Crippen MR) is 78.0 cm³/mol. The largest absolute Gasteiger partial charge is 0.383 e. The van der Waals surface area contributed by atoms with E-state index in [1.807, 2.05) is 6.92 Å². The number of carbonyl (C=O) groups is 1. The van der Waals surface area contributed by atoms with Crippen LogP contribution in [0.1, 0.15) is 33.6 Å². The number of hydrogen-bond donors (Lipinski definition) is 2. The minimum absolute atomic E-state index is 0.0492. The van der Waals surface area contributed by atoms with E-state index in [4.69, 9.17) is 4.74 Å². The zero-order chi connectivity index (χ0) is 14.3. The molecular formula is C15H28N2O2. The minimum Gasteiger partial charge on any atom is -0.383 e. The molecule has 0 aromatic carbocycles. The van der Waals surface area contributed by atoms with Crippen LogP contribution in [0.15, 0.2) is 11.6 Å². The number of carbonyl (C=O) groups excluding carboxylic acids is 1. The summed E-state index contributed by atoms with van der Waals surface area (Å²) in [6.45, 7) is 8.41. The highest BCUT2D eigenvalue weighted by molar-refractivity contribution is 5.81. The van der Waals surface area contributed by atoms with Crippen LogP contribution in [0.5, 0.6) is 0 Å². The number of rotatable bonds is 7. The van der Waals surface area contributed by atoms with Crippen molar-refractivity contribution in [1.29, 1.82) is 0 Å². The van der Waals surface area contributed by atoms with Crippen molar-refractivity contribution in [3.05, 3.63) is 11.6 Å². The fourth-order valence-electron chi connectivity index (χ4n) is 2.71. The molecular weight excluding hydrogens is 240 g/mol. The van der Waals surface area contributed by atoms with Gasteiger partial charge in [-0.3, -0.25) is 4.79 Å². The van der Waals surface area contributed by atoms with E-state index < -0.39 is 0 Å². The SMILES string of the molecule is COCCNC(=O)C(C)NCC1CC(C)=CC(C)C1. The van der Waals surface area contributed by atoms with Gasteiger partial charge in [0.15, 0.2) is 0 Å². The zero-order valence-corrected chi connectivity index (χ0v) is 12.7. The second kappa shape index (κ2) is 8.33.